The van der Waals surface area contributed by atoms with Gasteiger partial charge in [0, 0.05) is 12.4 Å². The minimum Gasteiger partial charge on any atom is -0.356 e. The first-order valence-corrected chi connectivity index (χ1v) is 4.45. The van der Waals surface area contributed by atoms with Gasteiger partial charge in [-0.2, -0.15) is 0 Å². The first-order valence-electron chi connectivity index (χ1n) is 4.05. The standard InChI is InChI=1S/C10H9N2S/c13-8-11-7-12-5-9-3-1-2-4-10(9)6-12/h1-6H,7H2,(H,11,13). The van der Waals surface area contributed by atoms with Crippen LogP contribution in [-0.2, 0) is 6.67 Å². The summed E-state index contributed by atoms with van der Waals surface area (Å²) >= 11 is 4.56. The average molecular weight is 189 g/mol. The minimum atomic E-state index is 0.679. The number of thiocarbonyl (C=S) groups is 1. The molecule has 0 unspecified atom stereocenters. The number of hydrogen-bond donors (Lipinski definition) is 1. The van der Waals surface area contributed by atoms with Gasteiger partial charge < -0.3 is 9.88 Å². The van der Waals surface area contributed by atoms with Crippen LogP contribution in [0, 0.1) is 0 Å². The SMILES string of the molecule is S=[C]NCn1cc2ccccc2c1. The summed E-state index contributed by atoms with van der Waals surface area (Å²) in [5.41, 5.74) is 2.47. The molecule has 0 saturated carbocycles. The molecule has 0 saturated heterocycles. The number of nitrogens with zero attached hydrogens (tertiary/aromatic N) is 1. The van der Waals surface area contributed by atoms with Crippen molar-refractivity contribution in [2.24, 2.45) is 0 Å². The monoisotopic (exact) mass is 189 g/mol. The van der Waals surface area contributed by atoms with E-state index in [1.165, 1.54) is 10.8 Å². The van der Waals surface area contributed by atoms with Gasteiger partial charge in [0.05, 0.1) is 6.67 Å². The zero-order valence-corrected chi connectivity index (χ0v) is 7.84. The Kier molecular flexibility index (Phi) is 2.27. The van der Waals surface area contributed by atoms with Gasteiger partial charge in [-0.05, 0) is 10.8 Å². The van der Waals surface area contributed by atoms with Gasteiger partial charge in [-0.15, -0.1) is 0 Å². The maximum Gasteiger partial charge on any atom is 0.135 e. The Morgan fingerprint density at radius 3 is 2.38 bits per heavy atom. The van der Waals surface area contributed by atoms with Crippen LogP contribution >= 0.6 is 12.2 Å². The summed E-state index contributed by atoms with van der Waals surface area (Å²) in [6.07, 6.45) is 4.16. The van der Waals surface area contributed by atoms with Crippen molar-refractivity contribution < 1.29 is 0 Å². The molecule has 1 aromatic carbocycles. The summed E-state index contributed by atoms with van der Waals surface area (Å²) in [7, 11) is 0. The number of benzene rings is 1. The van der Waals surface area contributed by atoms with E-state index in [1.54, 1.807) is 0 Å². The molecular weight excluding hydrogens is 180 g/mol. The molecule has 65 valence electrons. The van der Waals surface area contributed by atoms with Crippen molar-refractivity contribution in [2.45, 2.75) is 6.67 Å². The van der Waals surface area contributed by atoms with Gasteiger partial charge in [-0.25, -0.2) is 0 Å². The summed E-state index contributed by atoms with van der Waals surface area (Å²) in [5, 5.41) is 5.34. The molecule has 0 aliphatic rings. The van der Waals surface area contributed by atoms with E-state index in [0.29, 0.717) is 6.67 Å². The van der Waals surface area contributed by atoms with E-state index in [4.69, 9.17) is 0 Å². The van der Waals surface area contributed by atoms with Crippen molar-refractivity contribution in [1.82, 2.24) is 9.88 Å². The highest BCUT2D eigenvalue weighted by Gasteiger charge is 1.95. The molecule has 0 bridgehead atoms. The molecule has 1 aromatic heterocycles. The van der Waals surface area contributed by atoms with Crippen LogP contribution in [0.15, 0.2) is 36.7 Å². The number of nitrogens with one attached hydrogen (secondary N) is 1. The van der Waals surface area contributed by atoms with Crippen molar-refractivity contribution in [3.8, 4) is 0 Å². The number of fused-ring (bicyclic) bond motifs is 1. The first kappa shape index (κ1) is 8.26. The smallest absolute Gasteiger partial charge is 0.135 e. The second-order valence-corrected chi connectivity index (χ2v) is 3.04. The average Bonchev–Trinajstić information content (AvgIpc) is 2.57. The molecule has 1 N–H and O–H groups in total. The second-order valence-electron chi connectivity index (χ2n) is 2.84. The molecule has 2 aromatic rings. The van der Waals surface area contributed by atoms with Gasteiger partial charge in [0.25, 0.3) is 0 Å². The largest absolute Gasteiger partial charge is 0.356 e. The zero-order chi connectivity index (χ0) is 9.10. The molecule has 0 aliphatic heterocycles. The van der Waals surface area contributed by atoms with Crippen LogP contribution in [0.25, 0.3) is 10.8 Å². The van der Waals surface area contributed by atoms with E-state index in [-0.39, 0.29) is 0 Å². The van der Waals surface area contributed by atoms with Crippen LogP contribution < -0.4 is 5.32 Å². The third-order valence-corrected chi connectivity index (χ3v) is 2.08. The third kappa shape index (κ3) is 1.70. The van der Waals surface area contributed by atoms with Crippen LogP contribution in [0.3, 0.4) is 0 Å². The van der Waals surface area contributed by atoms with E-state index >= 15 is 0 Å². The predicted molar refractivity (Wildman–Crippen MR) is 57.7 cm³/mol. The summed E-state index contributed by atoms with van der Waals surface area (Å²) in [6.45, 7) is 0.679. The summed E-state index contributed by atoms with van der Waals surface area (Å²) in [4.78, 5) is 0. The topological polar surface area (TPSA) is 17.0 Å². The summed E-state index contributed by atoms with van der Waals surface area (Å²) in [6, 6.07) is 8.25. The fourth-order valence-corrected chi connectivity index (χ4v) is 1.42. The van der Waals surface area contributed by atoms with Crippen molar-refractivity contribution >= 4 is 28.5 Å². The highest BCUT2D eigenvalue weighted by atomic mass is 32.1. The molecule has 3 heteroatoms. The van der Waals surface area contributed by atoms with E-state index in [2.05, 4.69) is 47.6 Å². The Morgan fingerprint density at radius 1 is 1.23 bits per heavy atom. The quantitative estimate of drug-likeness (QED) is 0.587. The molecule has 0 aliphatic carbocycles. The van der Waals surface area contributed by atoms with Crippen LogP contribution in [-0.4, -0.2) is 10.1 Å². The third-order valence-electron chi connectivity index (χ3n) is 1.94. The normalized spacial score (nSPS) is 10.2. The number of aromatic nitrogens is 1. The number of rotatable bonds is 3. The lowest BCUT2D eigenvalue weighted by Gasteiger charge is -1.98. The first-order chi connectivity index (χ1) is 6.40. The molecule has 2 rings (SSSR count). The van der Waals surface area contributed by atoms with E-state index in [1.807, 2.05) is 16.7 Å². The molecule has 0 atom stereocenters. The maximum atomic E-state index is 4.56. The van der Waals surface area contributed by atoms with Crippen LogP contribution in [0.2, 0.25) is 0 Å². The molecule has 13 heavy (non-hydrogen) atoms. The van der Waals surface area contributed by atoms with Gasteiger partial charge in [-0.3, -0.25) is 0 Å². The molecule has 1 radical (unpaired) electrons. The maximum absolute atomic E-state index is 4.56. The Morgan fingerprint density at radius 2 is 1.85 bits per heavy atom. The Labute approximate surface area is 82.2 Å². The highest BCUT2D eigenvalue weighted by Crippen LogP contribution is 2.13. The van der Waals surface area contributed by atoms with Crippen molar-refractivity contribution in [3.63, 3.8) is 0 Å². The van der Waals surface area contributed by atoms with Crippen LogP contribution in [0.4, 0.5) is 0 Å². The Balaban J connectivity index is 2.32. The minimum absolute atomic E-state index is 0.679. The van der Waals surface area contributed by atoms with Gasteiger partial charge in [0.2, 0.25) is 0 Å². The molecule has 0 spiro atoms. The molecule has 1 heterocycles. The van der Waals surface area contributed by atoms with Gasteiger partial charge >= 0.3 is 0 Å². The molecular formula is C10H9N2S. The van der Waals surface area contributed by atoms with Crippen molar-refractivity contribution in [2.75, 3.05) is 0 Å². The summed E-state index contributed by atoms with van der Waals surface area (Å²) in [5.74, 6) is 0. The fraction of sp³-hybridized carbons (Fsp3) is 0.100. The molecule has 0 amide bonds. The van der Waals surface area contributed by atoms with Crippen molar-refractivity contribution in [3.05, 3.63) is 36.7 Å². The lowest BCUT2D eigenvalue weighted by molar-refractivity contribution is 0.682. The molecule has 2 nitrogen and oxygen atoms in total. The number of hydrogen-bond acceptors (Lipinski definition) is 1. The highest BCUT2D eigenvalue weighted by molar-refractivity contribution is 7.78. The van der Waals surface area contributed by atoms with E-state index in [0.717, 1.165) is 0 Å². The van der Waals surface area contributed by atoms with Gasteiger partial charge in [0.1, 0.15) is 5.49 Å². The second kappa shape index (κ2) is 3.58. The fourth-order valence-electron chi connectivity index (χ4n) is 1.36. The Bertz CT molecular complexity index is 387. The van der Waals surface area contributed by atoms with Gasteiger partial charge in [0.15, 0.2) is 0 Å². The lowest BCUT2D eigenvalue weighted by atomic mass is 10.2. The van der Waals surface area contributed by atoms with E-state index < -0.39 is 0 Å². The van der Waals surface area contributed by atoms with E-state index in [9.17, 15) is 0 Å². The van der Waals surface area contributed by atoms with Crippen LogP contribution in [0.1, 0.15) is 0 Å². The lowest BCUT2D eigenvalue weighted by Crippen LogP contribution is -2.13. The van der Waals surface area contributed by atoms with Crippen LogP contribution in [0.5, 0.6) is 0 Å². The summed E-state index contributed by atoms with van der Waals surface area (Å²) < 4.78 is 2.05. The Hall–Kier alpha value is -1.35. The molecule has 0 fully saturated rings. The predicted octanol–water partition coefficient (Wildman–Crippen LogP) is 2.02. The van der Waals surface area contributed by atoms with Crippen molar-refractivity contribution in [1.29, 1.82) is 0 Å². The zero-order valence-electron chi connectivity index (χ0n) is 7.03. The van der Waals surface area contributed by atoms with Gasteiger partial charge in [-0.1, -0.05) is 36.5 Å².